The van der Waals surface area contributed by atoms with Crippen molar-refractivity contribution in [2.75, 3.05) is 7.11 Å². The van der Waals surface area contributed by atoms with Gasteiger partial charge in [-0.05, 0) is 18.2 Å². The van der Waals surface area contributed by atoms with E-state index in [2.05, 4.69) is 4.74 Å². The summed E-state index contributed by atoms with van der Waals surface area (Å²) in [5.41, 5.74) is -0.240. The molecule has 3 nitrogen and oxygen atoms in total. The third kappa shape index (κ3) is 1.93. The van der Waals surface area contributed by atoms with Gasteiger partial charge in [-0.25, -0.2) is 13.6 Å². The minimum absolute atomic E-state index is 0.240. The highest BCUT2D eigenvalue weighted by Gasteiger charge is 2.17. The third-order valence-corrected chi connectivity index (χ3v) is 1.55. The average molecular weight is 200 g/mol. The maximum absolute atomic E-state index is 12.6. The first-order chi connectivity index (χ1) is 6.56. The first-order valence-corrected chi connectivity index (χ1v) is 3.64. The van der Waals surface area contributed by atoms with Crippen LogP contribution in [0.3, 0.4) is 0 Å². The Morgan fingerprint density at radius 2 is 1.86 bits per heavy atom. The van der Waals surface area contributed by atoms with Crippen LogP contribution in [-0.4, -0.2) is 18.9 Å². The molecule has 1 aromatic rings. The molecule has 0 saturated heterocycles. The molecule has 5 heteroatoms. The van der Waals surface area contributed by atoms with E-state index in [-0.39, 0.29) is 5.56 Å². The summed E-state index contributed by atoms with van der Waals surface area (Å²) in [5, 5.41) is 0. The number of carbonyl (C=O) groups is 2. The molecule has 0 N–H and O–H groups in total. The molecule has 0 saturated carbocycles. The summed E-state index contributed by atoms with van der Waals surface area (Å²) >= 11 is 0. The van der Waals surface area contributed by atoms with E-state index in [1.54, 1.807) is 0 Å². The molecule has 0 aliphatic rings. The number of hydrogen-bond acceptors (Lipinski definition) is 3. The van der Waals surface area contributed by atoms with E-state index >= 15 is 0 Å². The summed E-state index contributed by atoms with van der Waals surface area (Å²) in [6, 6.07) is 2.43. The SMILES string of the molecule is COC(=O)C(=O)c1ccc(F)c(F)c1. The monoisotopic (exact) mass is 200 g/mol. The standard InChI is InChI=1S/C9H6F2O3/c1-14-9(13)8(12)5-2-3-6(10)7(11)4-5/h2-4H,1H3. The molecule has 0 aromatic heterocycles. The molecule has 0 heterocycles. The summed E-state index contributed by atoms with van der Waals surface area (Å²) in [5.74, 6) is -4.38. The fourth-order valence-corrected chi connectivity index (χ4v) is 0.848. The molecule has 0 unspecified atom stereocenters. The molecule has 1 rings (SSSR count). The van der Waals surface area contributed by atoms with Crippen LogP contribution in [0, 0.1) is 11.6 Å². The number of benzene rings is 1. The van der Waals surface area contributed by atoms with Crippen molar-refractivity contribution in [3.63, 3.8) is 0 Å². The molecule has 0 bridgehead atoms. The van der Waals surface area contributed by atoms with Crippen molar-refractivity contribution in [1.29, 1.82) is 0 Å². The number of methoxy groups -OCH3 is 1. The highest BCUT2D eigenvalue weighted by molar-refractivity contribution is 6.40. The van der Waals surface area contributed by atoms with Crippen molar-refractivity contribution >= 4 is 11.8 Å². The molecule has 0 spiro atoms. The summed E-state index contributed by atoms with van der Waals surface area (Å²) < 4.78 is 29.2. The van der Waals surface area contributed by atoms with Gasteiger partial charge in [0.25, 0.3) is 5.78 Å². The molecule has 74 valence electrons. The fourth-order valence-electron chi connectivity index (χ4n) is 0.848. The predicted octanol–water partition coefficient (Wildman–Crippen LogP) is 1.32. The van der Waals surface area contributed by atoms with Gasteiger partial charge in [0.2, 0.25) is 0 Å². The van der Waals surface area contributed by atoms with E-state index in [0.717, 1.165) is 19.2 Å². The smallest absolute Gasteiger partial charge is 0.379 e. The minimum atomic E-state index is -1.18. The van der Waals surface area contributed by atoms with Crippen molar-refractivity contribution in [2.45, 2.75) is 0 Å². The first kappa shape index (κ1) is 10.3. The zero-order valence-corrected chi connectivity index (χ0v) is 7.21. The molecule has 0 radical (unpaired) electrons. The normalized spacial score (nSPS) is 9.64. The fraction of sp³-hybridized carbons (Fsp3) is 0.111. The lowest BCUT2D eigenvalue weighted by Crippen LogP contribution is -2.15. The molecule has 0 atom stereocenters. The Balaban J connectivity index is 3.03. The van der Waals surface area contributed by atoms with Crippen LogP contribution in [0.15, 0.2) is 18.2 Å². The third-order valence-electron chi connectivity index (χ3n) is 1.55. The van der Waals surface area contributed by atoms with Crippen LogP contribution in [0.1, 0.15) is 10.4 Å². The van der Waals surface area contributed by atoms with Gasteiger partial charge in [0.1, 0.15) is 0 Å². The van der Waals surface area contributed by atoms with Crippen molar-refractivity contribution in [1.82, 2.24) is 0 Å². The van der Waals surface area contributed by atoms with Gasteiger partial charge in [0.15, 0.2) is 11.6 Å². The van der Waals surface area contributed by atoms with Crippen molar-refractivity contribution < 1.29 is 23.1 Å². The first-order valence-electron chi connectivity index (χ1n) is 3.64. The number of Topliss-reactive ketones (excluding diaryl/α,β-unsaturated/α-hetero) is 1. The van der Waals surface area contributed by atoms with E-state index in [4.69, 9.17) is 0 Å². The van der Waals surface area contributed by atoms with Crippen molar-refractivity contribution in [2.24, 2.45) is 0 Å². The van der Waals surface area contributed by atoms with Gasteiger partial charge in [0, 0.05) is 5.56 Å². The number of hydrogen-bond donors (Lipinski definition) is 0. The molecule has 14 heavy (non-hydrogen) atoms. The summed E-state index contributed by atoms with van der Waals surface area (Å²) in [6.07, 6.45) is 0. The number of ketones is 1. The Morgan fingerprint density at radius 1 is 1.21 bits per heavy atom. The quantitative estimate of drug-likeness (QED) is 0.411. The van der Waals surface area contributed by atoms with E-state index in [9.17, 15) is 18.4 Å². The zero-order chi connectivity index (χ0) is 10.7. The molecular formula is C9H6F2O3. The number of halogens is 2. The van der Waals surface area contributed by atoms with E-state index in [1.165, 1.54) is 0 Å². The minimum Gasteiger partial charge on any atom is -0.463 e. The number of carbonyl (C=O) groups excluding carboxylic acids is 2. The van der Waals surface area contributed by atoms with Crippen molar-refractivity contribution in [3.8, 4) is 0 Å². The van der Waals surface area contributed by atoms with Gasteiger partial charge in [-0.1, -0.05) is 0 Å². The van der Waals surface area contributed by atoms with Crippen LogP contribution in [0.5, 0.6) is 0 Å². The molecule has 0 fully saturated rings. The Bertz CT molecular complexity index is 388. The number of esters is 1. The summed E-state index contributed by atoms with van der Waals surface area (Å²) in [6.45, 7) is 0. The number of ether oxygens (including phenoxy) is 1. The van der Waals surface area contributed by atoms with Gasteiger partial charge >= 0.3 is 5.97 Å². The molecule has 0 aliphatic carbocycles. The second-order valence-corrected chi connectivity index (χ2v) is 2.45. The van der Waals surface area contributed by atoms with Gasteiger partial charge in [-0.15, -0.1) is 0 Å². The maximum Gasteiger partial charge on any atom is 0.379 e. The van der Waals surface area contributed by atoms with E-state index < -0.39 is 23.4 Å². The zero-order valence-electron chi connectivity index (χ0n) is 7.21. The van der Waals surface area contributed by atoms with Crippen LogP contribution in [0.4, 0.5) is 8.78 Å². The van der Waals surface area contributed by atoms with E-state index in [0.29, 0.717) is 6.07 Å². The van der Waals surface area contributed by atoms with Crippen molar-refractivity contribution in [3.05, 3.63) is 35.4 Å². The molecule has 0 aliphatic heterocycles. The lowest BCUT2D eigenvalue weighted by molar-refractivity contribution is -0.135. The second kappa shape index (κ2) is 3.95. The Labute approximate surface area is 78.3 Å². The second-order valence-electron chi connectivity index (χ2n) is 2.45. The van der Waals surface area contributed by atoms with Crippen LogP contribution in [0.2, 0.25) is 0 Å². The van der Waals surface area contributed by atoms with Crippen LogP contribution >= 0.6 is 0 Å². The highest BCUT2D eigenvalue weighted by Crippen LogP contribution is 2.09. The van der Waals surface area contributed by atoms with E-state index in [1.807, 2.05) is 0 Å². The van der Waals surface area contributed by atoms with Gasteiger partial charge in [-0.2, -0.15) is 0 Å². The lowest BCUT2D eigenvalue weighted by Gasteiger charge is -1.99. The Morgan fingerprint density at radius 3 is 2.36 bits per heavy atom. The predicted molar refractivity (Wildman–Crippen MR) is 42.7 cm³/mol. The Kier molecular flexibility index (Phi) is 2.91. The van der Waals surface area contributed by atoms with Gasteiger partial charge < -0.3 is 4.74 Å². The topological polar surface area (TPSA) is 43.4 Å². The van der Waals surface area contributed by atoms with Crippen LogP contribution in [-0.2, 0) is 9.53 Å². The van der Waals surface area contributed by atoms with Crippen LogP contribution in [0.25, 0.3) is 0 Å². The molecular weight excluding hydrogens is 194 g/mol. The molecule has 0 amide bonds. The van der Waals surface area contributed by atoms with Gasteiger partial charge in [0.05, 0.1) is 7.11 Å². The largest absolute Gasteiger partial charge is 0.463 e. The highest BCUT2D eigenvalue weighted by atomic mass is 19.2. The van der Waals surface area contributed by atoms with Crippen LogP contribution < -0.4 is 0 Å². The molecule has 1 aromatic carbocycles. The number of rotatable bonds is 2. The Hall–Kier alpha value is -1.78. The average Bonchev–Trinajstić information content (AvgIpc) is 2.20. The van der Waals surface area contributed by atoms with Gasteiger partial charge in [-0.3, -0.25) is 4.79 Å². The lowest BCUT2D eigenvalue weighted by atomic mass is 10.1. The maximum atomic E-state index is 12.6. The summed E-state index contributed by atoms with van der Waals surface area (Å²) in [4.78, 5) is 21.8. The summed E-state index contributed by atoms with van der Waals surface area (Å²) in [7, 11) is 1.03.